The average molecular weight is 351 g/mol. The topological polar surface area (TPSA) is 46.6 Å². The smallest absolute Gasteiger partial charge is 0.296 e. The first-order valence-corrected chi connectivity index (χ1v) is 9.13. The normalized spacial score (nSPS) is 20.7. The Morgan fingerprint density at radius 2 is 2.04 bits per heavy atom. The van der Waals surface area contributed by atoms with Gasteiger partial charge in [-0.2, -0.15) is 21.6 Å². The summed E-state index contributed by atoms with van der Waals surface area (Å²) in [7, 11) is -3.53. The van der Waals surface area contributed by atoms with E-state index in [4.69, 9.17) is 4.18 Å². The summed E-state index contributed by atoms with van der Waals surface area (Å²) in [5.41, 5.74) is 0.711. The molecule has 1 aliphatic rings. The van der Waals surface area contributed by atoms with Crippen LogP contribution in [0.5, 0.6) is 0 Å². The van der Waals surface area contributed by atoms with Gasteiger partial charge in [-0.15, -0.1) is 0 Å². The van der Waals surface area contributed by atoms with Crippen LogP contribution >= 0.6 is 0 Å². The third-order valence-corrected chi connectivity index (χ3v) is 4.47. The second kappa shape index (κ2) is 6.78. The number of benzene rings is 1. The maximum atomic E-state index is 12.8. The number of rotatable bonds is 4. The summed E-state index contributed by atoms with van der Waals surface area (Å²) in [5.74, 6) is 0. The predicted octanol–water partition coefficient (Wildman–Crippen LogP) is 2.95. The minimum absolute atomic E-state index is 0.347. The van der Waals surface area contributed by atoms with Crippen LogP contribution in [0.1, 0.15) is 29.5 Å². The van der Waals surface area contributed by atoms with Gasteiger partial charge in [-0.1, -0.05) is 6.07 Å². The minimum atomic E-state index is -4.37. The number of piperidine rings is 1. The van der Waals surface area contributed by atoms with Gasteiger partial charge >= 0.3 is 6.18 Å². The lowest BCUT2D eigenvalue weighted by Crippen LogP contribution is -2.40. The maximum absolute atomic E-state index is 12.8. The van der Waals surface area contributed by atoms with Crippen LogP contribution in [0.15, 0.2) is 18.2 Å². The van der Waals surface area contributed by atoms with Crippen molar-refractivity contribution in [2.45, 2.75) is 38.6 Å². The molecule has 1 aromatic carbocycles. The molecule has 1 aromatic rings. The summed E-state index contributed by atoms with van der Waals surface area (Å²) in [6.45, 7) is 3.21. The van der Waals surface area contributed by atoms with Gasteiger partial charge in [-0.3, -0.25) is 9.08 Å². The highest BCUT2D eigenvalue weighted by atomic mass is 32.2. The molecule has 1 atom stereocenters. The van der Waals surface area contributed by atoms with Gasteiger partial charge in [0.25, 0.3) is 10.1 Å². The molecule has 130 valence electrons. The van der Waals surface area contributed by atoms with Crippen molar-refractivity contribution in [3.63, 3.8) is 0 Å². The molecule has 1 heterocycles. The first kappa shape index (κ1) is 18.2. The molecule has 1 fully saturated rings. The zero-order chi connectivity index (χ0) is 17.3. The van der Waals surface area contributed by atoms with Gasteiger partial charge in [-0.05, 0) is 49.6 Å². The van der Waals surface area contributed by atoms with Crippen LogP contribution < -0.4 is 0 Å². The Bertz CT molecular complexity index is 658. The molecular formula is C15H20F3NO3S. The first-order valence-electron chi connectivity index (χ1n) is 7.32. The summed E-state index contributed by atoms with van der Waals surface area (Å²) in [6.07, 6.45) is -2.43. The Kier molecular flexibility index (Phi) is 5.37. The van der Waals surface area contributed by atoms with Gasteiger partial charge in [0, 0.05) is 13.1 Å². The molecule has 23 heavy (non-hydrogen) atoms. The maximum Gasteiger partial charge on any atom is 0.416 e. The van der Waals surface area contributed by atoms with Crippen molar-refractivity contribution >= 4 is 10.1 Å². The number of alkyl halides is 3. The number of nitrogens with zero attached hydrogens (tertiary/aromatic N) is 1. The zero-order valence-electron chi connectivity index (χ0n) is 13.1. The number of likely N-dealkylation sites (tertiary alicyclic amines) is 1. The number of halogens is 3. The lowest BCUT2D eigenvalue weighted by atomic mass is 10.0. The van der Waals surface area contributed by atoms with Gasteiger partial charge in [0.2, 0.25) is 0 Å². The molecule has 0 unspecified atom stereocenters. The van der Waals surface area contributed by atoms with E-state index in [2.05, 4.69) is 0 Å². The van der Waals surface area contributed by atoms with Gasteiger partial charge < -0.3 is 0 Å². The molecule has 8 heteroatoms. The fourth-order valence-corrected chi connectivity index (χ4v) is 3.39. The lowest BCUT2D eigenvalue weighted by Gasteiger charge is -2.32. The molecule has 1 aliphatic heterocycles. The van der Waals surface area contributed by atoms with Crippen LogP contribution in [-0.2, 0) is 27.0 Å². The van der Waals surface area contributed by atoms with Crippen molar-refractivity contribution in [1.82, 2.24) is 4.90 Å². The van der Waals surface area contributed by atoms with Gasteiger partial charge in [-0.25, -0.2) is 0 Å². The SMILES string of the molecule is Cc1ccc(C(F)(F)F)cc1CN1CCC[C@@H](OS(C)(=O)=O)C1. The van der Waals surface area contributed by atoms with Crippen molar-refractivity contribution < 1.29 is 25.8 Å². The molecule has 0 bridgehead atoms. The monoisotopic (exact) mass is 351 g/mol. The van der Waals surface area contributed by atoms with Crippen molar-refractivity contribution in [1.29, 1.82) is 0 Å². The standard InChI is InChI=1S/C15H20F3NO3S/c1-11-5-6-13(15(16,17)18)8-12(11)9-19-7-3-4-14(10-19)22-23(2,20)21/h5-6,8,14H,3-4,7,9-10H2,1-2H3/t14-/m1/s1. The van der Waals surface area contributed by atoms with E-state index in [1.54, 1.807) is 6.92 Å². The Morgan fingerprint density at radius 1 is 1.35 bits per heavy atom. The number of hydrogen-bond acceptors (Lipinski definition) is 4. The highest BCUT2D eigenvalue weighted by Crippen LogP contribution is 2.31. The Labute approximate surface area is 134 Å². The molecule has 0 amide bonds. The highest BCUT2D eigenvalue weighted by molar-refractivity contribution is 7.86. The fraction of sp³-hybridized carbons (Fsp3) is 0.600. The summed E-state index contributed by atoms with van der Waals surface area (Å²) in [6, 6.07) is 3.70. The van der Waals surface area contributed by atoms with E-state index in [-0.39, 0.29) is 0 Å². The minimum Gasteiger partial charge on any atom is -0.296 e. The summed E-state index contributed by atoms with van der Waals surface area (Å²) in [5, 5.41) is 0. The fourth-order valence-electron chi connectivity index (χ4n) is 2.74. The Hall–Kier alpha value is -1.12. The van der Waals surface area contributed by atoms with E-state index in [9.17, 15) is 21.6 Å². The molecular weight excluding hydrogens is 331 g/mol. The molecule has 1 saturated heterocycles. The van der Waals surface area contributed by atoms with Crippen LogP contribution in [0.25, 0.3) is 0 Å². The number of hydrogen-bond donors (Lipinski definition) is 0. The van der Waals surface area contributed by atoms with E-state index in [0.717, 1.165) is 30.4 Å². The van der Waals surface area contributed by atoms with Crippen molar-refractivity contribution in [2.75, 3.05) is 19.3 Å². The van der Waals surface area contributed by atoms with E-state index in [1.807, 2.05) is 4.90 Å². The Balaban J connectivity index is 2.09. The van der Waals surface area contributed by atoms with Crippen molar-refractivity contribution in [3.05, 3.63) is 34.9 Å². The molecule has 0 radical (unpaired) electrons. The van der Waals surface area contributed by atoms with Gasteiger partial charge in [0.15, 0.2) is 0 Å². The van der Waals surface area contributed by atoms with Crippen molar-refractivity contribution in [3.8, 4) is 0 Å². The average Bonchev–Trinajstić information content (AvgIpc) is 2.38. The lowest BCUT2D eigenvalue weighted by molar-refractivity contribution is -0.137. The molecule has 0 N–H and O–H groups in total. The highest BCUT2D eigenvalue weighted by Gasteiger charge is 2.31. The van der Waals surface area contributed by atoms with Crippen LogP contribution in [0, 0.1) is 6.92 Å². The summed E-state index contributed by atoms with van der Waals surface area (Å²) >= 11 is 0. The quantitative estimate of drug-likeness (QED) is 0.783. The van der Waals surface area contributed by atoms with Gasteiger partial charge in [0.1, 0.15) is 0 Å². The van der Waals surface area contributed by atoms with Gasteiger partial charge in [0.05, 0.1) is 17.9 Å². The molecule has 4 nitrogen and oxygen atoms in total. The van der Waals surface area contributed by atoms with Crippen LogP contribution in [0.3, 0.4) is 0 Å². The number of aryl methyl sites for hydroxylation is 1. The van der Waals surface area contributed by atoms with Crippen LogP contribution in [0.2, 0.25) is 0 Å². The molecule has 0 aromatic heterocycles. The Morgan fingerprint density at radius 3 is 2.65 bits per heavy atom. The predicted molar refractivity (Wildman–Crippen MR) is 80.4 cm³/mol. The first-order chi connectivity index (χ1) is 10.5. The molecule has 0 aliphatic carbocycles. The van der Waals surface area contributed by atoms with E-state index >= 15 is 0 Å². The summed E-state index contributed by atoms with van der Waals surface area (Å²) < 4.78 is 65.9. The van der Waals surface area contributed by atoms with E-state index in [1.165, 1.54) is 6.07 Å². The van der Waals surface area contributed by atoms with Crippen LogP contribution in [-0.4, -0.2) is 38.8 Å². The third-order valence-electron chi connectivity index (χ3n) is 3.84. The molecule has 0 saturated carbocycles. The second-order valence-electron chi connectivity index (χ2n) is 5.94. The third kappa shape index (κ3) is 5.47. The largest absolute Gasteiger partial charge is 0.416 e. The summed E-state index contributed by atoms with van der Waals surface area (Å²) in [4.78, 5) is 1.93. The molecule has 2 rings (SSSR count). The second-order valence-corrected chi connectivity index (χ2v) is 7.54. The van der Waals surface area contributed by atoms with Crippen LogP contribution in [0.4, 0.5) is 13.2 Å². The van der Waals surface area contributed by atoms with Crippen molar-refractivity contribution in [2.24, 2.45) is 0 Å². The zero-order valence-corrected chi connectivity index (χ0v) is 13.9. The molecule has 0 spiro atoms. The van der Waals surface area contributed by atoms with E-state index in [0.29, 0.717) is 31.6 Å². The van der Waals surface area contributed by atoms with E-state index < -0.39 is 28.0 Å².